The highest BCUT2D eigenvalue weighted by Crippen LogP contribution is 2.23. The standard InChI is InChI=1S/C19H19ClFN3O3/c1-27-14-7-4-12(5-8-14)23-19(26)24-10-2-3-17(24)18(25)22-13-6-9-16(21)15(20)11-13/h4-9,11,17H,2-3,10H2,1H3,(H,22,25)(H,23,26). The minimum atomic E-state index is -0.605. The molecule has 6 nitrogen and oxygen atoms in total. The Balaban J connectivity index is 1.65. The van der Waals surface area contributed by atoms with Crippen LogP contribution in [0.25, 0.3) is 0 Å². The maximum absolute atomic E-state index is 13.2. The van der Waals surface area contributed by atoms with E-state index in [-0.39, 0.29) is 17.0 Å². The molecule has 2 aromatic carbocycles. The van der Waals surface area contributed by atoms with Gasteiger partial charge in [0.15, 0.2) is 0 Å². The molecule has 1 atom stereocenters. The molecule has 8 heteroatoms. The Morgan fingerprint density at radius 2 is 1.85 bits per heavy atom. The van der Waals surface area contributed by atoms with Gasteiger partial charge in [-0.25, -0.2) is 9.18 Å². The topological polar surface area (TPSA) is 70.7 Å². The van der Waals surface area contributed by atoms with Crippen LogP contribution in [0.1, 0.15) is 12.8 Å². The third-order valence-electron chi connectivity index (χ3n) is 4.34. The van der Waals surface area contributed by atoms with E-state index in [1.807, 2.05) is 0 Å². The zero-order valence-corrected chi connectivity index (χ0v) is 15.4. The van der Waals surface area contributed by atoms with Gasteiger partial charge in [0, 0.05) is 17.9 Å². The van der Waals surface area contributed by atoms with Crippen molar-refractivity contribution in [1.82, 2.24) is 4.90 Å². The van der Waals surface area contributed by atoms with Crippen molar-refractivity contribution in [3.8, 4) is 5.75 Å². The van der Waals surface area contributed by atoms with Crippen LogP contribution < -0.4 is 15.4 Å². The Morgan fingerprint density at radius 1 is 1.15 bits per heavy atom. The zero-order valence-electron chi connectivity index (χ0n) is 14.7. The van der Waals surface area contributed by atoms with E-state index < -0.39 is 11.9 Å². The number of methoxy groups -OCH3 is 1. The van der Waals surface area contributed by atoms with Gasteiger partial charge in [0.2, 0.25) is 5.91 Å². The molecule has 3 amide bonds. The molecule has 27 heavy (non-hydrogen) atoms. The molecule has 3 rings (SSSR count). The number of likely N-dealkylation sites (tertiary alicyclic amines) is 1. The van der Waals surface area contributed by atoms with Gasteiger partial charge < -0.3 is 20.3 Å². The van der Waals surface area contributed by atoms with Gasteiger partial charge in [-0.05, 0) is 55.3 Å². The number of hydrogen-bond acceptors (Lipinski definition) is 3. The number of anilines is 2. The van der Waals surface area contributed by atoms with E-state index in [1.54, 1.807) is 31.4 Å². The van der Waals surface area contributed by atoms with Gasteiger partial charge in [-0.1, -0.05) is 11.6 Å². The van der Waals surface area contributed by atoms with E-state index >= 15 is 0 Å². The molecular formula is C19H19ClFN3O3. The van der Waals surface area contributed by atoms with E-state index in [0.717, 1.165) is 6.42 Å². The van der Waals surface area contributed by atoms with Gasteiger partial charge in [-0.3, -0.25) is 4.79 Å². The molecule has 0 aromatic heterocycles. The maximum Gasteiger partial charge on any atom is 0.322 e. The number of rotatable bonds is 4. The second-order valence-electron chi connectivity index (χ2n) is 6.13. The molecule has 1 fully saturated rings. The van der Waals surface area contributed by atoms with Crippen molar-refractivity contribution in [2.75, 3.05) is 24.3 Å². The fourth-order valence-corrected chi connectivity index (χ4v) is 3.13. The third kappa shape index (κ3) is 4.49. The van der Waals surface area contributed by atoms with Crippen molar-refractivity contribution >= 4 is 34.9 Å². The fraction of sp³-hybridized carbons (Fsp3) is 0.263. The highest BCUT2D eigenvalue weighted by atomic mass is 35.5. The molecule has 0 spiro atoms. The Hall–Kier alpha value is -2.80. The Kier molecular flexibility index (Phi) is 5.81. The average molecular weight is 392 g/mol. The van der Waals surface area contributed by atoms with Crippen molar-refractivity contribution in [3.05, 3.63) is 53.3 Å². The number of halogens is 2. The van der Waals surface area contributed by atoms with E-state index in [1.165, 1.54) is 23.1 Å². The van der Waals surface area contributed by atoms with E-state index in [2.05, 4.69) is 10.6 Å². The normalized spacial score (nSPS) is 16.1. The van der Waals surface area contributed by atoms with Crippen LogP contribution in [-0.4, -0.2) is 36.5 Å². The van der Waals surface area contributed by atoms with E-state index in [0.29, 0.717) is 30.1 Å². The molecule has 1 heterocycles. The molecule has 0 radical (unpaired) electrons. The molecule has 1 aliphatic rings. The number of amides is 3. The van der Waals surface area contributed by atoms with Crippen LogP contribution in [0.3, 0.4) is 0 Å². The van der Waals surface area contributed by atoms with Gasteiger partial charge in [0.05, 0.1) is 12.1 Å². The van der Waals surface area contributed by atoms with Crippen LogP contribution in [0.2, 0.25) is 5.02 Å². The van der Waals surface area contributed by atoms with Gasteiger partial charge in [0.1, 0.15) is 17.6 Å². The molecular weight excluding hydrogens is 373 g/mol. The first-order valence-corrected chi connectivity index (χ1v) is 8.83. The second-order valence-corrected chi connectivity index (χ2v) is 6.54. The summed E-state index contributed by atoms with van der Waals surface area (Å²) in [7, 11) is 1.56. The molecule has 1 saturated heterocycles. The van der Waals surface area contributed by atoms with Crippen LogP contribution >= 0.6 is 11.6 Å². The first-order chi connectivity index (χ1) is 13.0. The molecule has 1 aliphatic heterocycles. The van der Waals surface area contributed by atoms with Crippen molar-refractivity contribution < 1.29 is 18.7 Å². The van der Waals surface area contributed by atoms with Crippen LogP contribution in [0.15, 0.2) is 42.5 Å². The van der Waals surface area contributed by atoms with Crippen molar-refractivity contribution in [2.45, 2.75) is 18.9 Å². The SMILES string of the molecule is COc1ccc(NC(=O)N2CCCC2C(=O)Nc2ccc(F)c(Cl)c2)cc1. The van der Waals surface area contributed by atoms with Gasteiger partial charge in [-0.2, -0.15) is 0 Å². The Labute approximate surface area is 161 Å². The van der Waals surface area contributed by atoms with Gasteiger partial charge in [0.25, 0.3) is 0 Å². The van der Waals surface area contributed by atoms with Crippen LogP contribution in [0, 0.1) is 5.82 Å². The maximum atomic E-state index is 13.2. The quantitative estimate of drug-likeness (QED) is 0.823. The molecule has 0 bridgehead atoms. The lowest BCUT2D eigenvalue weighted by Gasteiger charge is -2.24. The van der Waals surface area contributed by atoms with E-state index in [9.17, 15) is 14.0 Å². The first kappa shape index (κ1) is 19.0. The summed E-state index contributed by atoms with van der Waals surface area (Å²) in [5.74, 6) is -0.208. The molecule has 142 valence electrons. The van der Waals surface area contributed by atoms with Crippen molar-refractivity contribution in [3.63, 3.8) is 0 Å². The largest absolute Gasteiger partial charge is 0.497 e. The monoisotopic (exact) mass is 391 g/mol. The molecule has 0 aliphatic carbocycles. The fourth-order valence-electron chi connectivity index (χ4n) is 2.95. The lowest BCUT2D eigenvalue weighted by Crippen LogP contribution is -2.45. The summed E-state index contributed by atoms with van der Waals surface area (Å²) in [6.45, 7) is 0.476. The number of benzene rings is 2. The van der Waals surface area contributed by atoms with E-state index in [4.69, 9.17) is 16.3 Å². The van der Waals surface area contributed by atoms with Crippen LogP contribution in [0.5, 0.6) is 5.75 Å². The highest BCUT2D eigenvalue weighted by Gasteiger charge is 2.34. The molecule has 0 saturated carbocycles. The van der Waals surface area contributed by atoms with Gasteiger partial charge >= 0.3 is 6.03 Å². The van der Waals surface area contributed by atoms with Gasteiger partial charge in [-0.15, -0.1) is 0 Å². The number of urea groups is 1. The number of carbonyl (C=O) groups is 2. The zero-order chi connectivity index (χ0) is 19.4. The Morgan fingerprint density at radius 3 is 2.52 bits per heavy atom. The minimum Gasteiger partial charge on any atom is -0.497 e. The number of nitrogens with one attached hydrogen (secondary N) is 2. The summed E-state index contributed by atoms with van der Waals surface area (Å²) in [4.78, 5) is 26.6. The van der Waals surface area contributed by atoms with Crippen LogP contribution in [-0.2, 0) is 4.79 Å². The van der Waals surface area contributed by atoms with Crippen LogP contribution in [0.4, 0.5) is 20.6 Å². The van der Waals surface area contributed by atoms with Crippen molar-refractivity contribution in [2.24, 2.45) is 0 Å². The third-order valence-corrected chi connectivity index (χ3v) is 4.63. The highest BCUT2D eigenvalue weighted by molar-refractivity contribution is 6.31. The number of nitrogens with zero attached hydrogens (tertiary/aromatic N) is 1. The number of carbonyl (C=O) groups excluding carboxylic acids is 2. The molecule has 1 unspecified atom stereocenters. The first-order valence-electron chi connectivity index (χ1n) is 8.45. The predicted octanol–water partition coefficient (Wildman–Crippen LogP) is 4.12. The average Bonchev–Trinajstić information content (AvgIpc) is 3.15. The lowest BCUT2D eigenvalue weighted by atomic mass is 10.2. The lowest BCUT2D eigenvalue weighted by molar-refractivity contribution is -0.119. The number of ether oxygens (including phenoxy) is 1. The summed E-state index contributed by atoms with van der Waals surface area (Å²) in [6.07, 6.45) is 1.27. The number of hydrogen-bond donors (Lipinski definition) is 2. The summed E-state index contributed by atoms with van der Waals surface area (Å²) >= 11 is 5.74. The second kappa shape index (κ2) is 8.26. The molecule has 2 N–H and O–H groups in total. The summed E-state index contributed by atoms with van der Waals surface area (Å²) < 4.78 is 18.3. The Bertz CT molecular complexity index is 845. The smallest absolute Gasteiger partial charge is 0.322 e. The molecule has 2 aromatic rings. The summed E-state index contributed by atoms with van der Waals surface area (Å²) in [5.41, 5.74) is 0.992. The van der Waals surface area contributed by atoms with Crippen molar-refractivity contribution in [1.29, 1.82) is 0 Å². The summed E-state index contributed by atoms with van der Waals surface area (Å²) in [6, 6.07) is 9.92. The summed E-state index contributed by atoms with van der Waals surface area (Å²) in [5, 5.41) is 5.39. The minimum absolute atomic E-state index is 0.0756. The predicted molar refractivity (Wildman–Crippen MR) is 102 cm³/mol.